The number of halogens is 3. The van der Waals surface area contributed by atoms with Gasteiger partial charge in [0.2, 0.25) is 0 Å². The van der Waals surface area contributed by atoms with Crippen LogP contribution < -0.4 is 19.7 Å². The molecule has 156 valence electrons. The topological polar surface area (TPSA) is 67.9 Å². The number of Topliss-reactive ketones (excluding diaryl/α,β-unsaturated/α-hetero) is 1. The second-order valence-electron chi connectivity index (χ2n) is 6.38. The zero-order valence-corrected chi connectivity index (χ0v) is 16.4. The normalized spacial score (nSPS) is 11.0. The summed E-state index contributed by atoms with van der Waals surface area (Å²) in [4.78, 5) is 25.3. The van der Waals surface area contributed by atoms with Gasteiger partial charge in [0.1, 0.15) is 0 Å². The molecule has 0 aliphatic carbocycles. The van der Waals surface area contributed by atoms with E-state index < -0.39 is 24.3 Å². The first-order valence-electron chi connectivity index (χ1n) is 8.53. The maximum absolute atomic E-state index is 13.0. The first-order chi connectivity index (χ1) is 13.5. The Hall–Kier alpha value is -3.23. The number of rotatable bonds is 7. The quantitative estimate of drug-likeness (QED) is 0.699. The Morgan fingerprint density at radius 2 is 1.76 bits per heavy atom. The molecule has 0 aromatic heterocycles. The van der Waals surface area contributed by atoms with Crippen molar-refractivity contribution < 1.29 is 32.2 Å². The molecule has 0 spiro atoms. The zero-order valence-electron chi connectivity index (χ0n) is 16.4. The van der Waals surface area contributed by atoms with E-state index in [9.17, 15) is 22.8 Å². The number of benzene rings is 2. The maximum Gasteiger partial charge on any atom is 0.416 e. The molecule has 0 saturated heterocycles. The van der Waals surface area contributed by atoms with Crippen LogP contribution in [0.4, 0.5) is 24.5 Å². The number of hydrogen-bond acceptors (Lipinski definition) is 5. The van der Waals surface area contributed by atoms with Crippen LogP contribution in [0.15, 0.2) is 36.4 Å². The second-order valence-corrected chi connectivity index (χ2v) is 6.38. The molecular weight excluding hydrogens is 389 g/mol. The van der Waals surface area contributed by atoms with E-state index in [2.05, 4.69) is 5.32 Å². The van der Waals surface area contributed by atoms with Gasteiger partial charge in [0.05, 0.1) is 24.0 Å². The van der Waals surface area contributed by atoms with E-state index in [0.29, 0.717) is 11.3 Å². The van der Waals surface area contributed by atoms with Crippen molar-refractivity contribution in [3.8, 4) is 11.5 Å². The van der Waals surface area contributed by atoms with Crippen LogP contribution in [0.1, 0.15) is 22.8 Å². The van der Waals surface area contributed by atoms with Crippen molar-refractivity contribution in [2.75, 3.05) is 38.0 Å². The average Bonchev–Trinajstić information content (AvgIpc) is 2.65. The fourth-order valence-corrected chi connectivity index (χ4v) is 2.54. The van der Waals surface area contributed by atoms with E-state index in [4.69, 9.17) is 9.47 Å². The number of alkyl halides is 3. The van der Waals surface area contributed by atoms with E-state index in [0.717, 1.165) is 12.1 Å². The summed E-state index contributed by atoms with van der Waals surface area (Å²) >= 11 is 0. The summed E-state index contributed by atoms with van der Waals surface area (Å²) in [6.07, 6.45) is -4.54. The lowest BCUT2D eigenvalue weighted by molar-refractivity contribution is -0.137. The van der Waals surface area contributed by atoms with E-state index in [-0.39, 0.29) is 23.0 Å². The van der Waals surface area contributed by atoms with Gasteiger partial charge in [0, 0.05) is 19.7 Å². The molecule has 2 aromatic rings. The van der Waals surface area contributed by atoms with Crippen LogP contribution in [0, 0.1) is 0 Å². The molecule has 2 aromatic carbocycles. The van der Waals surface area contributed by atoms with E-state index in [1.807, 2.05) is 0 Å². The molecule has 1 amide bonds. The summed E-state index contributed by atoms with van der Waals surface area (Å²) in [6, 6.07) is 7.58. The second kappa shape index (κ2) is 8.85. The van der Waals surface area contributed by atoms with Crippen molar-refractivity contribution in [1.29, 1.82) is 0 Å². The average molecular weight is 410 g/mol. The molecule has 29 heavy (non-hydrogen) atoms. The molecule has 2 rings (SSSR count). The third-order valence-electron chi connectivity index (χ3n) is 4.01. The minimum atomic E-state index is -4.54. The van der Waals surface area contributed by atoms with Gasteiger partial charge in [-0.15, -0.1) is 0 Å². The molecule has 1 N–H and O–H groups in total. The fraction of sp³-hybridized carbons (Fsp3) is 0.300. The Morgan fingerprint density at radius 3 is 2.31 bits per heavy atom. The largest absolute Gasteiger partial charge is 0.493 e. The van der Waals surface area contributed by atoms with Crippen molar-refractivity contribution >= 4 is 23.1 Å². The van der Waals surface area contributed by atoms with Crippen molar-refractivity contribution in [2.45, 2.75) is 13.1 Å². The van der Waals surface area contributed by atoms with E-state index in [1.165, 1.54) is 38.3 Å². The van der Waals surface area contributed by atoms with Crippen LogP contribution >= 0.6 is 0 Å². The van der Waals surface area contributed by atoms with Crippen LogP contribution in [0.2, 0.25) is 0 Å². The number of carbonyl (C=O) groups excluding carboxylic acids is 2. The molecule has 0 aliphatic rings. The van der Waals surface area contributed by atoms with Crippen LogP contribution in [-0.2, 0) is 11.0 Å². The van der Waals surface area contributed by atoms with Gasteiger partial charge in [0.15, 0.2) is 23.9 Å². The minimum absolute atomic E-state index is 0.0114. The van der Waals surface area contributed by atoms with Gasteiger partial charge in [-0.05, 0) is 43.3 Å². The Kier molecular flexibility index (Phi) is 6.73. The first kappa shape index (κ1) is 22.1. The highest BCUT2D eigenvalue weighted by Crippen LogP contribution is 2.35. The predicted molar refractivity (Wildman–Crippen MR) is 103 cm³/mol. The summed E-state index contributed by atoms with van der Waals surface area (Å²) < 4.78 is 49.5. The molecule has 0 bridgehead atoms. The number of nitrogens with zero attached hydrogens (tertiary/aromatic N) is 1. The fourth-order valence-electron chi connectivity index (χ4n) is 2.54. The van der Waals surface area contributed by atoms with Crippen LogP contribution in [0.25, 0.3) is 0 Å². The Balaban J connectivity index is 2.16. The van der Waals surface area contributed by atoms with Gasteiger partial charge in [-0.1, -0.05) is 0 Å². The van der Waals surface area contributed by atoms with Crippen LogP contribution in [0.5, 0.6) is 11.5 Å². The molecule has 0 saturated carbocycles. The molecule has 9 heteroatoms. The smallest absolute Gasteiger partial charge is 0.416 e. The first-order valence-corrected chi connectivity index (χ1v) is 8.53. The SMILES string of the molecule is COc1cc(C(C)=O)ccc1OCC(=O)Nc1cc(C(F)(F)F)ccc1N(C)C. The van der Waals surface area contributed by atoms with Gasteiger partial charge in [-0.25, -0.2) is 0 Å². The Morgan fingerprint density at radius 1 is 1.07 bits per heavy atom. The van der Waals surface area contributed by atoms with Gasteiger partial charge in [0.25, 0.3) is 5.91 Å². The van der Waals surface area contributed by atoms with Crippen molar-refractivity contribution in [3.05, 3.63) is 47.5 Å². The van der Waals surface area contributed by atoms with Gasteiger partial charge in [-0.3, -0.25) is 9.59 Å². The number of amides is 1. The van der Waals surface area contributed by atoms with Gasteiger partial charge in [-0.2, -0.15) is 13.2 Å². The van der Waals surface area contributed by atoms with E-state index >= 15 is 0 Å². The number of carbonyl (C=O) groups is 2. The number of anilines is 2. The van der Waals surface area contributed by atoms with Crippen molar-refractivity contribution in [2.24, 2.45) is 0 Å². The molecular formula is C20H21F3N2O4. The number of ether oxygens (including phenoxy) is 2. The lowest BCUT2D eigenvalue weighted by atomic mass is 10.1. The summed E-state index contributed by atoms with van der Waals surface area (Å²) in [5, 5.41) is 2.44. The van der Waals surface area contributed by atoms with Crippen molar-refractivity contribution in [3.63, 3.8) is 0 Å². The summed E-state index contributed by atoms with van der Waals surface area (Å²) in [6.45, 7) is 0.943. The van der Waals surface area contributed by atoms with Gasteiger partial charge >= 0.3 is 6.18 Å². The molecule has 0 unspecified atom stereocenters. The lowest BCUT2D eigenvalue weighted by Gasteiger charge is -2.20. The highest BCUT2D eigenvalue weighted by atomic mass is 19.4. The third-order valence-corrected chi connectivity index (χ3v) is 4.01. The third kappa shape index (κ3) is 5.63. The Bertz CT molecular complexity index is 911. The molecule has 0 heterocycles. The molecule has 0 radical (unpaired) electrons. The standard InChI is InChI=1S/C20H21F3N2O4/c1-12(26)13-5-8-17(18(9-13)28-4)29-11-19(27)24-15-10-14(20(21,22)23)6-7-16(15)25(2)3/h5-10H,11H2,1-4H3,(H,24,27). The van der Waals surface area contributed by atoms with Crippen LogP contribution in [-0.4, -0.2) is 39.5 Å². The number of ketones is 1. The lowest BCUT2D eigenvalue weighted by Crippen LogP contribution is -2.23. The molecule has 0 atom stereocenters. The number of methoxy groups -OCH3 is 1. The zero-order chi connectivity index (χ0) is 21.8. The van der Waals surface area contributed by atoms with Crippen molar-refractivity contribution in [1.82, 2.24) is 0 Å². The maximum atomic E-state index is 13.0. The number of hydrogen-bond donors (Lipinski definition) is 1. The highest BCUT2D eigenvalue weighted by Gasteiger charge is 2.31. The number of nitrogens with one attached hydrogen (secondary N) is 1. The Labute approximate surface area is 166 Å². The molecule has 6 nitrogen and oxygen atoms in total. The summed E-state index contributed by atoms with van der Waals surface area (Å²) in [5.74, 6) is -0.318. The monoisotopic (exact) mass is 410 g/mol. The highest BCUT2D eigenvalue weighted by molar-refractivity contribution is 5.96. The molecule has 0 aliphatic heterocycles. The molecule has 0 fully saturated rings. The van der Waals surface area contributed by atoms with E-state index in [1.54, 1.807) is 19.0 Å². The minimum Gasteiger partial charge on any atom is -0.493 e. The van der Waals surface area contributed by atoms with Gasteiger partial charge < -0.3 is 19.7 Å². The predicted octanol–water partition coefficient (Wildman–Crippen LogP) is 4.00. The van der Waals surface area contributed by atoms with Crippen LogP contribution in [0.3, 0.4) is 0 Å². The summed E-state index contributed by atoms with van der Waals surface area (Å²) in [7, 11) is 4.69. The summed E-state index contributed by atoms with van der Waals surface area (Å²) in [5.41, 5.74) is -0.0360.